The highest BCUT2D eigenvalue weighted by molar-refractivity contribution is 6.36. The van der Waals surface area contributed by atoms with Crippen LogP contribution < -0.4 is 20.3 Å². The lowest BCUT2D eigenvalue weighted by Crippen LogP contribution is -2.21. The van der Waals surface area contributed by atoms with Crippen molar-refractivity contribution in [1.29, 1.82) is 0 Å². The molecule has 5 heterocycles. The second kappa shape index (κ2) is 9.97. The molecule has 198 valence electrons. The summed E-state index contributed by atoms with van der Waals surface area (Å²) in [7, 11) is 1.66. The van der Waals surface area contributed by atoms with E-state index in [1.54, 1.807) is 23.7 Å². The van der Waals surface area contributed by atoms with E-state index in [0.29, 0.717) is 30.2 Å². The molecule has 4 aromatic heterocycles. The van der Waals surface area contributed by atoms with E-state index in [1.807, 2.05) is 4.90 Å². The number of ether oxygens (including phenoxy) is 1. The Kier molecular flexibility index (Phi) is 6.69. The molecule has 2 N–H and O–H groups in total. The van der Waals surface area contributed by atoms with Crippen molar-refractivity contribution >= 4 is 51.9 Å². The van der Waals surface area contributed by atoms with Gasteiger partial charge in [0.15, 0.2) is 11.4 Å². The molecule has 1 aliphatic heterocycles. The van der Waals surface area contributed by atoms with Crippen molar-refractivity contribution in [2.45, 2.75) is 25.9 Å². The van der Waals surface area contributed by atoms with Crippen molar-refractivity contribution in [1.82, 2.24) is 24.5 Å². The summed E-state index contributed by atoms with van der Waals surface area (Å²) in [6.07, 6.45) is 0.0387. The maximum Gasteiger partial charge on any atom is 0.433 e. The van der Waals surface area contributed by atoms with E-state index in [1.165, 1.54) is 25.4 Å². The van der Waals surface area contributed by atoms with Crippen LogP contribution in [0.4, 0.5) is 36.4 Å². The third-order valence-electron chi connectivity index (χ3n) is 5.86. The number of pyridine rings is 3. The molecule has 0 bridgehead atoms. The van der Waals surface area contributed by atoms with Gasteiger partial charge in [-0.3, -0.25) is 4.79 Å². The molecule has 4 aromatic rings. The number of aryl methyl sites for hydroxylation is 1. The number of carbonyl (C=O) groups excluding carboxylic acids is 1. The molecule has 0 aromatic carbocycles. The maximum atomic E-state index is 13.6. The Hall–Kier alpha value is -4.13. The zero-order chi connectivity index (χ0) is 27.0. The summed E-state index contributed by atoms with van der Waals surface area (Å²) in [5.74, 6) is 1.08. The summed E-state index contributed by atoms with van der Waals surface area (Å²) < 4.78 is 48.2. The van der Waals surface area contributed by atoms with E-state index in [2.05, 4.69) is 30.6 Å². The summed E-state index contributed by atoms with van der Waals surface area (Å²) in [5.41, 5.74) is -0.132. The molecule has 1 amide bonds. The second-order valence-electron chi connectivity index (χ2n) is 8.68. The molecular formula is C24H22ClF3N8O2. The average Bonchev–Trinajstić information content (AvgIpc) is 3.49. The molecule has 1 saturated heterocycles. The fourth-order valence-corrected chi connectivity index (χ4v) is 4.42. The van der Waals surface area contributed by atoms with Gasteiger partial charge in [-0.05, 0) is 25.0 Å². The summed E-state index contributed by atoms with van der Waals surface area (Å²) in [6, 6.07) is 5.62. The quantitative estimate of drug-likeness (QED) is 0.325. The molecular weight excluding hydrogens is 525 g/mol. The molecule has 14 heteroatoms. The predicted octanol–water partition coefficient (Wildman–Crippen LogP) is 5.53. The monoisotopic (exact) mass is 546 g/mol. The standard InChI is InChI=1S/C24H22ClF3N8O2/c1-13(37)31-18-11-15(5-6-29-18)38-16-12-30-22-21(20(16)25)35(2)23(34-22)32-14-9-17(24(26,27)28)33-19(10-14)36-7-3-4-8-36/h5-6,9-12H,3-4,7-8H2,1-2H3,(H,29,31,37)(H,30,32,33,34). The van der Waals surface area contributed by atoms with Gasteiger partial charge >= 0.3 is 6.18 Å². The van der Waals surface area contributed by atoms with Crippen molar-refractivity contribution in [2.75, 3.05) is 28.6 Å². The Balaban J connectivity index is 1.46. The molecule has 0 atom stereocenters. The molecule has 1 aliphatic rings. The topological polar surface area (TPSA) is 110 Å². The van der Waals surface area contributed by atoms with Gasteiger partial charge in [0.05, 0.1) is 6.20 Å². The zero-order valence-corrected chi connectivity index (χ0v) is 21.1. The van der Waals surface area contributed by atoms with Gasteiger partial charge in [0, 0.05) is 51.1 Å². The minimum atomic E-state index is -4.61. The minimum Gasteiger partial charge on any atom is -0.454 e. The number of nitrogens with one attached hydrogen (secondary N) is 2. The van der Waals surface area contributed by atoms with Gasteiger partial charge in [0.2, 0.25) is 11.9 Å². The van der Waals surface area contributed by atoms with Crippen molar-refractivity contribution in [3.63, 3.8) is 0 Å². The molecule has 0 unspecified atom stereocenters. The number of anilines is 4. The van der Waals surface area contributed by atoms with E-state index in [9.17, 15) is 18.0 Å². The van der Waals surface area contributed by atoms with Crippen molar-refractivity contribution in [2.24, 2.45) is 7.05 Å². The number of hydrogen-bond acceptors (Lipinski definition) is 8. The number of hydrogen-bond donors (Lipinski definition) is 2. The van der Waals surface area contributed by atoms with Crippen LogP contribution in [0.15, 0.2) is 36.7 Å². The van der Waals surface area contributed by atoms with Crippen LogP contribution in [0.3, 0.4) is 0 Å². The molecule has 0 aliphatic carbocycles. The number of nitrogens with zero attached hydrogens (tertiary/aromatic N) is 6. The van der Waals surface area contributed by atoms with Crippen LogP contribution in [0.5, 0.6) is 11.5 Å². The number of carbonyl (C=O) groups is 1. The number of rotatable bonds is 6. The largest absolute Gasteiger partial charge is 0.454 e. The first-order valence-electron chi connectivity index (χ1n) is 11.6. The van der Waals surface area contributed by atoms with Crippen molar-refractivity contribution in [3.8, 4) is 11.5 Å². The Labute approximate surface area is 219 Å². The number of fused-ring (bicyclic) bond motifs is 1. The normalized spacial score (nSPS) is 13.7. The minimum absolute atomic E-state index is 0.183. The third-order valence-corrected chi connectivity index (χ3v) is 6.22. The summed E-state index contributed by atoms with van der Waals surface area (Å²) in [5, 5.41) is 5.72. The Bertz CT molecular complexity index is 1520. The van der Waals surface area contributed by atoms with E-state index in [-0.39, 0.29) is 39.8 Å². The van der Waals surface area contributed by atoms with Gasteiger partial charge < -0.3 is 24.8 Å². The number of halogens is 4. The lowest BCUT2D eigenvalue weighted by atomic mass is 10.3. The highest BCUT2D eigenvalue weighted by atomic mass is 35.5. The number of imidazole rings is 1. The second-order valence-corrected chi connectivity index (χ2v) is 9.06. The predicted molar refractivity (Wildman–Crippen MR) is 136 cm³/mol. The first kappa shape index (κ1) is 25.5. The number of amides is 1. The first-order valence-corrected chi connectivity index (χ1v) is 12.0. The van der Waals surface area contributed by atoms with Crippen LogP contribution in [-0.4, -0.2) is 43.5 Å². The van der Waals surface area contributed by atoms with Gasteiger partial charge in [-0.1, -0.05) is 11.6 Å². The van der Waals surface area contributed by atoms with E-state index >= 15 is 0 Å². The molecule has 0 radical (unpaired) electrons. The lowest BCUT2D eigenvalue weighted by Gasteiger charge is -2.19. The number of aromatic nitrogens is 5. The fraction of sp³-hybridized carbons (Fsp3) is 0.292. The molecule has 10 nitrogen and oxygen atoms in total. The van der Waals surface area contributed by atoms with E-state index in [4.69, 9.17) is 16.3 Å². The summed E-state index contributed by atoms with van der Waals surface area (Å²) in [6.45, 7) is 2.65. The van der Waals surface area contributed by atoms with E-state index in [0.717, 1.165) is 18.9 Å². The molecule has 0 saturated carbocycles. The van der Waals surface area contributed by atoms with Crippen LogP contribution in [0, 0.1) is 0 Å². The smallest absolute Gasteiger partial charge is 0.433 e. The average molecular weight is 547 g/mol. The third kappa shape index (κ3) is 5.28. The van der Waals surface area contributed by atoms with Gasteiger partial charge in [-0.2, -0.15) is 18.2 Å². The SMILES string of the molecule is CC(=O)Nc1cc(Oc2cnc3nc(Nc4cc(N5CCCC5)nc(C(F)(F)F)c4)n(C)c3c2Cl)ccn1. The molecule has 1 fully saturated rings. The van der Waals surface area contributed by atoms with Crippen LogP contribution in [0.1, 0.15) is 25.5 Å². The Morgan fingerprint density at radius 2 is 1.89 bits per heavy atom. The van der Waals surface area contributed by atoms with Gasteiger partial charge in [-0.15, -0.1) is 0 Å². The van der Waals surface area contributed by atoms with Crippen LogP contribution in [0.25, 0.3) is 11.2 Å². The summed E-state index contributed by atoms with van der Waals surface area (Å²) >= 11 is 6.63. The van der Waals surface area contributed by atoms with Crippen LogP contribution in [-0.2, 0) is 18.0 Å². The molecule has 0 spiro atoms. The van der Waals surface area contributed by atoms with Gasteiger partial charge in [-0.25, -0.2) is 15.0 Å². The first-order chi connectivity index (χ1) is 18.1. The van der Waals surface area contributed by atoms with Crippen LogP contribution in [0.2, 0.25) is 5.02 Å². The fourth-order valence-electron chi connectivity index (χ4n) is 4.12. The zero-order valence-electron chi connectivity index (χ0n) is 20.3. The Morgan fingerprint density at radius 1 is 1.13 bits per heavy atom. The summed E-state index contributed by atoms with van der Waals surface area (Å²) in [4.78, 5) is 29.7. The van der Waals surface area contributed by atoms with Gasteiger partial charge in [0.25, 0.3) is 0 Å². The maximum absolute atomic E-state index is 13.6. The van der Waals surface area contributed by atoms with E-state index < -0.39 is 11.9 Å². The van der Waals surface area contributed by atoms with Crippen LogP contribution >= 0.6 is 11.6 Å². The van der Waals surface area contributed by atoms with Gasteiger partial charge in [0.1, 0.15) is 33.6 Å². The lowest BCUT2D eigenvalue weighted by molar-refractivity contribution is -0.141. The van der Waals surface area contributed by atoms with Crippen molar-refractivity contribution in [3.05, 3.63) is 47.4 Å². The van der Waals surface area contributed by atoms with Crippen molar-refractivity contribution < 1.29 is 22.7 Å². The highest BCUT2D eigenvalue weighted by Gasteiger charge is 2.34. The number of alkyl halides is 3. The Morgan fingerprint density at radius 3 is 2.61 bits per heavy atom. The molecule has 38 heavy (non-hydrogen) atoms. The highest BCUT2D eigenvalue weighted by Crippen LogP contribution is 2.37. The molecule has 5 rings (SSSR count).